The zero-order valence-electron chi connectivity index (χ0n) is 17.4. The summed E-state index contributed by atoms with van der Waals surface area (Å²) in [5, 5.41) is 0. The molecule has 1 atom stereocenters. The number of likely N-dealkylation sites (tertiary alicyclic amines) is 1. The molecular formula is C23H23F3N4O2. The van der Waals surface area contributed by atoms with Gasteiger partial charge >= 0.3 is 6.18 Å². The molecule has 168 valence electrons. The van der Waals surface area contributed by atoms with E-state index in [4.69, 9.17) is 9.72 Å². The van der Waals surface area contributed by atoms with Crippen molar-refractivity contribution >= 4 is 17.1 Å². The number of hydrogen-bond donors (Lipinski definition) is 0. The molecule has 0 spiro atoms. The van der Waals surface area contributed by atoms with Gasteiger partial charge in [-0.2, -0.15) is 13.2 Å². The summed E-state index contributed by atoms with van der Waals surface area (Å²) in [6.07, 6.45) is 0.457. The lowest BCUT2D eigenvalue weighted by Crippen LogP contribution is -2.39. The third-order valence-corrected chi connectivity index (χ3v) is 6.25. The second kappa shape index (κ2) is 8.20. The number of amides is 1. The van der Waals surface area contributed by atoms with Crippen molar-refractivity contribution in [3.8, 4) is 0 Å². The van der Waals surface area contributed by atoms with Crippen LogP contribution < -0.4 is 0 Å². The van der Waals surface area contributed by atoms with Gasteiger partial charge in [0.25, 0.3) is 5.91 Å². The fourth-order valence-corrected chi connectivity index (χ4v) is 4.65. The SMILES string of the molecule is O=C(c1cccc(C(F)(F)F)c1)N1CCC(n2c([C@@H]3CCCO3)nc3cccnc32)CC1. The number of halogens is 3. The molecule has 2 saturated heterocycles. The van der Waals surface area contributed by atoms with Gasteiger partial charge in [0.05, 0.1) is 5.56 Å². The number of carbonyl (C=O) groups is 1. The van der Waals surface area contributed by atoms with Crippen LogP contribution in [0.4, 0.5) is 13.2 Å². The van der Waals surface area contributed by atoms with Crippen molar-refractivity contribution in [2.45, 2.75) is 44.0 Å². The molecule has 4 heterocycles. The van der Waals surface area contributed by atoms with Crippen molar-refractivity contribution < 1.29 is 22.7 Å². The number of benzene rings is 1. The molecule has 0 aliphatic carbocycles. The smallest absolute Gasteiger partial charge is 0.370 e. The normalized spacial score (nSPS) is 20.2. The van der Waals surface area contributed by atoms with Crippen molar-refractivity contribution in [1.29, 1.82) is 0 Å². The summed E-state index contributed by atoms with van der Waals surface area (Å²) in [6, 6.07) is 8.51. The molecule has 5 rings (SSSR count). The summed E-state index contributed by atoms with van der Waals surface area (Å²) in [5.41, 5.74) is 0.879. The Labute approximate surface area is 183 Å². The number of hydrogen-bond acceptors (Lipinski definition) is 4. The number of fused-ring (bicyclic) bond motifs is 1. The highest BCUT2D eigenvalue weighted by Gasteiger charge is 2.33. The first kappa shape index (κ1) is 20.9. The fourth-order valence-electron chi connectivity index (χ4n) is 4.65. The summed E-state index contributed by atoms with van der Waals surface area (Å²) in [4.78, 5) is 23.8. The summed E-state index contributed by atoms with van der Waals surface area (Å²) in [5.74, 6) is 0.501. The highest BCUT2D eigenvalue weighted by atomic mass is 19.4. The number of aromatic nitrogens is 3. The zero-order valence-corrected chi connectivity index (χ0v) is 17.4. The van der Waals surface area contributed by atoms with Gasteiger partial charge in [0.1, 0.15) is 17.4 Å². The molecule has 2 aliphatic heterocycles. The van der Waals surface area contributed by atoms with Crippen LogP contribution >= 0.6 is 0 Å². The second-order valence-electron chi connectivity index (χ2n) is 8.29. The van der Waals surface area contributed by atoms with Crippen molar-refractivity contribution in [2.24, 2.45) is 0 Å². The van der Waals surface area contributed by atoms with Gasteiger partial charge in [-0.1, -0.05) is 6.07 Å². The molecule has 1 aromatic carbocycles. The van der Waals surface area contributed by atoms with Crippen LogP contribution in [-0.4, -0.2) is 45.0 Å². The van der Waals surface area contributed by atoms with Crippen LogP contribution in [-0.2, 0) is 10.9 Å². The molecule has 0 N–H and O–H groups in total. The van der Waals surface area contributed by atoms with Crippen LogP contribution in [0.1, 0.15) is 59.6 Å². The Kier molecular flexibility index (Phi) is 5.36. The molecule has 1 amide bonds. The number of carbonyl (C=O) groups excluding carboxylic acids is 1. The highest BCUT2D eigenvalue weighted by Crippen LogP contribution is 2.35. The first-order valence-electron chi connectivity index (χ1n) is 10.8. The van der Waals surface area contributed by atoms with Gasteiger partial charge < -0.3 is 14.2 Å². The minimum atomic E-state index is -4.47. The Bertz CT molecular complexity index is 1130. The van der Waals surface area contributed by atoms with Gasteiger partial charge in [0, 0.05) is 37.5 Å². The Balaban J connectivity index is 1.36. The molecule has 32 heavy (non-hydrogen) atoms. The van der Waals surface area contributed by atoms with E-state index < -0.39 is 11.7 Å². The average Bonchev–Trinajstić information content (AvgIpc) is 3.46. The van der Waals surface area contributed by atoms with E-state index in [0.717, 1.165) is 42.0 Å². The Morgan fingerprint density at radius 1 is 1.09 bits per heavy atom. The summed E-state index contributed by atoms with van der Waals surface area (Å²) in [6.45, 7) is 1.62. The predicted octanol–water partition coefficient (Wildman–Crippen LogP) is 4.78. The van der Waals surface area contributed by atoms with Gasteiger partial charge in [-0.25, -0.2) is 9.97 Å². The lowest BCUT2D eigenvalue weighted by Gasteiger charge is -2.34. The maximum Gasteiger partial charge on any atom is 0.416 e. The molecule has 2 aromatic heterocycles. The number of ether oxygens (including phenoxy) is 1. The number of piperidine rings is 1. The van der Waals surface area contributed by atoms with E-state index in [1.54, 1.807) is 11.1 Å². The van der Waals surface area contributed by atoms with Gasteiger partial charge in [-0.05, 0) is 56.0 Å². The summed E-state index contributed by atoms with van der Waals surface area (Å²) in [7, 11) is 0. The fraction of sp³-hybridized carbons (Fsp3) is 0.435. The minimum Gasteiger partial charge on any atom is -0.370 e. The average molecular weight is 444 g/mol. The second-order valence-corrected chi connectivity index (χ2v) is 8.29. The molecule has 0 radical (unpaired) electrons. The maximum atomic E-state index is 13.0. The van der Waals surface area contributed by atoms with E-state index in [1.165, 1.54) is 12.1 Å². The molecule has 2 fully saturated rings. The first-order valence-corrected chi connectivity index (χ1v) is 10.8. The highest BCUT2D eigenvalue weighted by molar-refractivity contribution is 5.94. The quantitative estimate of drug-likeness (QED) is 0.584. The summed E-state index contributed by atoms with van der Waals surface area (Å²) < 4.78 is 47.1. The first-order chi connectivity index (χ1) is 15.4. The number of nitrogens with zero attached hydrogens (tertiary/aromatic N) is 4. The molecule has 0 saturated carbocycles. The Morgan fingerprint density at radius 2 is 1.91 bits per heavy atom. The molecule has 9 heteroatoms. The molecule has 6 nitrogen and oxygen atoms in total. The summed E-state index contributed by atoms with van der Waals surface area (Å²) >= 11 is 0. The molecular weight excluding hydrogens is 421 g/mol. The lowest BCUT2D eigenvalue weighted by molar-refractivity contribution is -0.137. The zero-order chi connectivity index (χ0) is 22.3. The van der Waals surface area contributed by atoms with E-state index in [1.807, 2.05) is 12.1 Å². The van der Waals surface area contributed by atoms with Crippen molar-refractivity contribution in [1.82, 2.24) is 19.4 Å². The van der Waals surface area contributed by atoms with Crippen LogP contribution in [0.2, 0.25) is 0 Å². The van der Waals surface area contributed by atoms with E-state index in [9.17, 15) is 18.0 Å². The van der Waals surface area contributed by atoms with Gasteiger partial charge in [-0.3, -0.25) is 4.79 Å². The van der Waals surface area contributed by atoms with E-state index in [-0.39, 0.29) is 23.6 Å². The molecule has 0 bridgehead atoms. The number of pyridine rings is 1. The van der Waals surface area contributed by atoms with Crippen LogP contribution in [0.15, 0.2) is 42.6 Å². The van der Waals surface area contributed by atoms with E-state index >= 15 is 0 Å². The van der Waals surface area contributed by atoms with Gasteiger partial charge in [0.2, 0.25) is 0 Å². The minimum absolute atomic E-state index is 0.0611. The third-order valence-electron chi connectivity index (χ3n) is 6.25. The molecule has 0 unspecified atom stereocenters. The largest absolute Gasteiger partial charge is 0.416 e. The Morgan fingerprint density at radius 3 is 2.62 bits per heavy atom. The van der Waals surface area contributed by atoms with Crippen molar-refractivity contribution in [2.75, 3.05) is 19.7 Å². The lowest BCUT2D eigenvalue weighted by atomic mass is 10.0. The van der Waals surface area contributed by atoms with Gasteiger partial charge in [-0.15, -0.1) is 0 Å². The Hall–Kier alpha value is -2.94. The van der Waals surface area contributed by atoms with Crippen LogP contribution in [0, 0.1) is 0 Å². The van der Waals surface area contributed by atoms with Crippen molar-refractivity contribution in [3.05, 3.63) is 59.5 Å². The third kappa shape index (κ3) is 3.85. The van der Waals surface area contributed by atoms with Crippen LogP contribution in [0.5, 0.6) is 0 Å². The van der Waals surface area contributed by atoms with Gasteiger partial charge in [0.15, 0.2) is 5.65 Å². The standard InChI is InChI=1S/C23H23F3N4O2/c24-23(25,26)16-5-1-4-15(14-16)22(31)29-11-8-17(9-12-29)30-20-18(6-2-10-27-20)28-21(30)19-7-3-13-32-19/h1-2,4-6,10,14,17,19H,3,7-9,11-13H2/t19-/m0/s1. The topological polar surface area (TPSA) is 60.2 Å². The number of alkyl halides is 3. The van der Waals surface area contributed by atoms with Crippen molar-refractivity contribution in [3.63, 3.8) is 0 Å². The number of imidazole rings is 1. The number of rotatable bonds is 3. The molecule has 2 aliphatic rings. The monoisotopic (exact) mass is 444 g/mol. The van der Waals surface area contributed by atoms with Crippen LogP contribution in [0.3, 0.4) is 0 Å². The van der Waals surface area contributed by atoms with E-state index in [2.05, 4.69) is 9.55 Å². The van der Waals surface area contributed by atoms with E-state index in [0.29, 0.717) is 32.5 Å². The molecule has 3 aromatic rings. The van der Waals surface area contributed by atoms with Crippen LogP contribution in [0.25, 0.3) is 11.2 Å². The maximum absolute atomic E-state index is 13.0. The predicted molar refractivity (Wildman–Crippen MR) is 111 cm³/mol.